The zero-order valence-corrected chi connectivity index (χ0v) is 18.5. The van der Waals surface area contributed by atoms with Gasteiger partial charge >= 0.3 is 0 Å². The molecule has 1 atom stereocenters. The number of benzene rings is 1. The Morgan fingerprint density at radius 3 is 2.57 bits per heavy atom. The highest BCUT2D eigenvalue weighted by Crippen LogP contribution is 2.29. The van der Waals surface area contributed by atoms with E-state index in [2.05, 4.69) is 20.5 Å². The lowest BCUT2D eigenvalue weighted by atomic mass is 9.86. The lowest BCUT2D eigenvalue weighted by Crippen LogP contribution is -2.53. The van der Waals surface area contributed by atoms with Crippen molar-refractivity contribution in [1.29, 1.82) is 0 Å². The number of aryl methyl sites for hydroxylation is 1. The Morgan fingerprint density at radius 2 is 1.93 bits per heavy atom. The summed E-state index contributed by atoms with van der Waals surface area (Å²) in [6.07, 6.45) is 0. The molecule has 0 radical (unpaired) electrons. The van der Waals surface area contributed by atoms with Crippen molar-refractivity contribution in [3.05, 3.63) is 41.0 Å². The van der Waals surface area contributed by atoms with Gasteiger partial charge in [-0.3, -0.25) is 14.5 Å². The third-order valence-electron chi connectivity index (χ3n) is 5.43. The van der Waals surface area contributed by atoms with Gasteiger partial charge in [-0.05, 0) is 31.5 Å². The van der Waals surface area contributed by atoms with Crippen LogP contribution in [0.5, 0.6) is 0 Å². The van der Waals surface area contributed by atoms with Crippen LogP contribution in [-0.4, -0.2) is 52.9 Å². The van der Waals surface area contributed by atoms with Crippen molar-refractivity contribution < 1.29 is 14.0 Å². The lowest BCUT2D eigenvalue weighted by Gasteiger charge is -2.30. The molecule has 1 aromatic carbocycles. The van der Waals surface area contributed by atoms with Crippen LogP contribution in [0.1, 0.15) is 42.5 Å². The molecule has 2 N–H and O–H groups in total. The van der Waals surface area contributed by atoms with Crippen molar-refractivity contribution in [3.63, 3.8) is 0 Å². The minimum atomic E-state index is -0.729. The quantitative estimate of drug-likeness (QED) is 0.803. The predicted molar refractivity (Wildman–Crippen MR) is 113 cm³/mol. The van der Waals surface area contributed by atoms with Crippen molar-refractivity contribution in [1.82, 2.24) is 25.1 Å². The van der Waals surface area contributed by atoms with E-state index in [9.17, 15) is 14.0 Å². The van der Waals surface area contributed by atoms with Gasteiger partial charge in [0, 0.05) is 26.7 Å². The molecular weight excluding hydrogens is 385 g/mol. The summed E-state index contributed by atoms with van der Waals surface area (Å²) < 4.78 is 16.5. The van der Waals surface area contributed by atoms with E-state index in [4.69, 9.17) is 0 Å². The number of rotatable bonds is 4. The topological polar surface area (TPSA) is 79.3 Å². The molecule has 1 aliphatic rings. The molecule has 0 fully saturated rings. The molecule has 0 unspecified atom stereocenters. The van der Waals surface area contributed by atoms with Crippen molar-refractivity contribution in [2.45, 2.75) is 46.8 Å². The number of aromatic nitrogens is 2. The van der Waals surface area contributed by atoms with Crippen molar-refractivity contribution in [2.75, 3.05) is 20.6 Å². The average molecular weight is 416 g/mol. The SMILES string of the molecule is CNC(=O)[C@@H](NC(=O)c1nc(-c2cc(C)ccc2F)n2c1CN(C)CC2)C(C)(C)C. The van der Waals surface area contributed by atoms with E-state index in [1.54, 1.807) is 19.2 Å². The molecule has 0 spiro atoms. The summed E-state index contributed by atoms with van der Waals surface area (Å²) in [4.78, 5) is 32.2. The van der Waals surface area contributed by atoms with Crippen molar-refractivity contribution in [2.24, 2.45) is 5.41 Å². The molecule has 7 nitrogen and oxygen atoms in total. The maximum absolute atomic E-state index is 14.6. The summed E-state index contributed by atoms with van der Waals surface area (Å²) in [7, 11) is 3.51. The maximum atomic E-state index is 14.6. The molecule has 0 bridgehead atoms. The first kappa shape index (κ1) is 22.0. The van der Waals surface area contributed by atoms with E-state index in [-0.39, 0.29) is 17.4 Å². The van der Waals surface area contributed by atoms with Crippen LogP contribution in [0, 0.1) is 18.2 Å². The molecule has 2 heterocycles. The number of hydrogen-bond donors (Lipinski definition) is 2. The third-order valence-corrected chi connectivity index (χ3v) is 5.43. The number of amides is 2. The number of hydrogen-bond acceptors (Lipinski definition) is 4. The van der Waals surface area contributed by atoms with Crippen LogP contribution < -0.4 is 10.6 Å². The fourth-order valence-electron chi connectivity index (χ4n) is 3.71. The third kappa shape index (κ3) is 4.23. The Hall–Kier alpha value is -2.74. The number of nitrogens with one attached hydrogen (secondary N) is 2. The van der Waals surface area contributed by atoms with Gasteiger partial charge in [0.15, 0.2) is 5.69 Å². The van der Waals surface area contributed by atoms with E-state index < -0.39 is 17.4 Å². The second kappa shape index (κ2) is 8.18. The Kier molecular flexibility index (Phi) is 5.99. The van der Waals surface area contributed by atoms with Gasteiger partial charge < -0.3 is 15.2 Å². The van der Waals surface area contributed by atoms with E-state index in [0.29, 0.717) is 24.5 Å². The second-order valence-corrected chi connectivity index (χ2v) is 8.99. The summed E-state index contributed by atoms with van der Waals surface area (Å²) in [5, 5.41) is 5.45. The minimum Gasteiger partial charge on any atom is -0.357 e. The zero-order chi connectivity index (χ0) is 22.2. The first-order chi connectivity index (χ1) is 14.0. The van der Waals surface area contributed by atoms with Crippen LogP contribution in [0.4, 0.5) is 4.39 Å². The minimum absolute atomic E-state index is 0.232. The molecule has 0 saturated carbocycles. The van der Waals surface area contributed by atoms with E-state index in [0.717, 1.165) is 17.8 Å². The summed E-state index contributed by atoms with van der Waals surface area (Å²) in [6.45, 7) is 9.44. The average Bonchev–Trinajstić information content (AvgIpc) is 3.04. The van der Waals surface area contributed by atoms with Gasteiger partial charge in [0.1, 0.15) is 17.7 Å². The smallest absolute Gasteiger partial charge is 0.272 e. The Bertz CT molecular complexity index is 977. The monoisotopic (exact) mass is 415 g/mol. The summed E-state index contributed by atoms with van der Waals surface area (Å²) in [5.74, 6) is -0.642. The van der Waals surface area contributed by atoms with E-state index in [1.807, 2.05) is 39.3 Å². The van der Waals surface area contributed by atoms with Gasteiger partial charge in [-0.1, -0.05) is 32.4 Å². The fraction of sp³-hybridized carbons (Fsp3) is 0.500. The Morgan fingerprint density at radius 1 is 1.23 bits per heavy atom. The molecule has 8 heteroatoms. The number of carbonyl (C=O) groups is 2. The molecule has 2 aromatic rings. The summed E-state index contributed by atoms with van der Waals surface area (Å²) >= 11 is 0. The lowest BCUT2D eigenvalue weighted by molar-refractivity contribution is -0.124. The number of fused-ring (bicyclic) bond motifs is 1. The molecule has 30 heavy (non-hydrogen) atoms. The van der Waals surface area contributed by atoms with E-state index in [1.165, 1.54) is 6.07 Å². The predicted octanol–water partition coefficient (Wildman–Crippen LogP) is 2.33. The van der Waals surface area contributed by atoms with Gasteiger partial charge in [0.05, 0.1) is 11.3 Å². The van der Waals surface area contributed by atoms with Crippen LogP contribution in [0.25, 0.3) is 11.4 Å². The Balaban J connectivity index is 2.07. The van der Waals surface area contributed by atoms with Gasteiger partial charge in [-0.25, -0.2) is 9.37 Å². The van der Waals surface area contributed by atoms with Gasteiger partial charge in [-0.15, -0.1) is 0 Å². The molecule has 0 aliphatic carbocycles. The highest BCUT2D eigenvalue weighted by Gasteiger charge is 2.35. The number of nitrogens with zero attached hydrogens (tertiary/aromatic N) is 3. The van der Waals surface area contributed by atoms with Crippen LogP contribution in [0.3, 0.4) is 0 Å². The van der Waals surface area contributed by atoms with Crippen molar-refractivity contribution in [3.8, 4) is 11.4 Å². The summed E-state index contributed by atoms with van der Waals surface area (Å²) in [6, 6.07) is 4.14. The highest BCUT2D eigenvalue weighted by atomic mass is 19.1. The van der Waals surface area contributed by atoms with Crippen LogP contribution in [0.2, 0.25) is 0 Å². The molecule has 0 saturated heterocycles. The van der Waals surface area contributed by atoms with Gasteiger partial charge in [0.25, 0.3) is 5.91 Å². The fourth-order valence-corrected chi connectivity index (χ4v) is 3.71. The highest BCUT2D eigenvalue weighted by molar-refractivity contribution is 5.98. The molecule has 1 aromatic heterocycles. The zero-order valence-electron chi connectivity index (χ0n) is 18.5. The number of carbonyl (C=O) groups excluding carboxylic acids is 2. The van der Waals surface area contributed by atoms with Crippen LogP contribution in [0.15, 0.2) is 18.2 Å². The molecule has 2 amide bonds. The van der Waals surface area contributed by atoms with Gasteiger partial charge in [0.2, 0.25) is 5.91 Å². The maximum Gasteiger partial charge on any atom is 0.272 e. The standard InChI is InChI=1S/C22H30FN5O2/c1-13-7-8-15(23)14(11-13)19-25-17(16-12-27(6)9-10-28(16)19)20(29)26-18(21(30)24-5)22(2,3)4/h7-8,11,18H,9-10,12H2,1-6H3,(H,24,30)(H,26,29)/t18-/m1/s1. The van der Waals surface area contributed by atoms with Crippen molar-refractivity contribution >= 4 is 11.8 Å². The first-order valence-electron chi connectivity index (χ1n) is 10.1. The number of likely N-dealkylation sites (N-methyl/N-ethyl adjacent to an activating group) is 2. The molecule has 1 aliphatic heterocycles. The number of imidazole rings is 1. The molecule has 3 rings (SSSR count). The van der Waals surface area contributed by atoms with E-state index >= 15 is 0 Å². The van der Waals surface area contributed by atoms with Gasteiger partial charge in [-0.2, -0.15) is 0 Å². The first-order valence-corrected chi connectivity index (χ1v) is 10.1. The molecule has 162 valence electrons. The normalized spacial score (nSPS) is 15.4. The largest absolute Gasteiger partial charge is 0.357 e. The Labute approximate surface area is 176 Å². The molecular formula is C22H30FN5O2. The summed E-state index contributed by atoms with van der Waals surface area (Å²) in [5.41, 5.74) is 1.75. The van der Waals surface area contributed by atoms with Crippen LogP contribution >= 0.6 is 0 Å². The number of halogens is 1. The van der Waals surface area contributed by atoms with Crippen LogP contribution in [-0.2, 0) is 17.9 Å². The second-order valence-electron chi connectivity index (χ2n) is 8.99.